The van der Waals surface area contributed by atoms with Crippen LogP contribution in [0.2, 0.25) is 0 Å². The summed E-state index contributed by atoms with van der Waals surface area (Å²) >= 11 is 0. The van der Waals surface area contributed by atoms with E-state index in [1.165, 1.54) is 0 Å². The Balaban J connectivity index is 1.47. The highest BCUT2D eigenvalue weighted by atomic mass is 16.1. The van der Waals surface area contributed by atoms with Gasteiger partial charge in [0.15, 0.2) is 5.82 Å². The van der Waals surface area contributed by atoms with Gasteiger partial charge in [0.25, 0.3) is 0 Å². The number of aromatic amines is 1. The molecule has 0 aliphatic rings. The lowest BCUT2D eigenvalue weighted by molar-refractivity contribution is 0.674. The minimum Gasteiger partial charge on any atom is -0.397 e. The first-order chi connectivity index (χ1) is 17.2. The molecule has 9 nitrogen and oxygen atoms in total. The number of pyridine rings is 1. The summed E-state index contributed by atoms with van der Waals surface area (Å²) in [6, 6.07) is 17.5. The number of hydrogen-bond acceptors (Lipinski definition) is 6. The molecule has 35 heavy (non-hydrogen) atoms. The second-order valence-electron chi connectivity index (χ2n) is 8.39. The Morgan fingerprint density at radius 2 is 1.86 bits per heavy atom. The van der Waals surface area contributed by atoms with Crippen LogP contribution in [0.15, 0.2) is 78.0 Å². The Morgan fingerprint density at radius 1 is 1.03 bits per heavy atom. The van der Waals surface area contributed by atoms with E-state index >= 15 is 0 Å². The van der Waals surface area contributed by atoms with Crippen molar-refractivity contribution < 1.29 is 0 Å². The predicted molar refractivity (Wildman–Crippen MR) is 135 cm³/mol. The lowest BCUT2D eigenvalue weighted by Crippen LogP contribution is -2.25. The molecular formula is C26H26N8O. The molecular weight excluding hydrogens is 440 g/mol. The number of rotatable bonds is 8. The number of para-hydroxylation sites is 2. The van der Waals surface area contributed by atoms with Gasteiger partial charge < -0.3 is 5.73 Å². The molecule has 9 heteroatoms. The Bertz CT molecular complexity index is 1480. The van der Waals surface area contributed by atoms with Gasteiger partial charge in [0.05, 0.1) is 17.9 Å². The van der Waals surface area contributed by atoms with Gasteiger partial charge in [-0.2, -0.15) is 0 Å². The lowest BCUT2D eigenvalue weighted by atomic mass is 10.0. The zero-order chi connectivity index (χ0) is 24.2. The van der Waals surface area contributed by atoms with Crippen LogP contribution in [0.4, 0.5) is 5.69 Å². The summed E-state index contributed by atoms with van der Waals surface area (Å²) in [4.78, 5) is 17.7. The number of imidazole rings is 1. The number of nitrogens with zero attached hydrogens (tertiary/aromatic N) is 6. The number of aryl methyl sites for hydroxylation is 1. The van der Waals surface area contributed by atoms with E-state index in [-0.39, 0.29) is 5.69 Å². The topological polar surface area (TPSA) is 120 Å². The van der Waals surface area contributed by atoms with Crippen LogP contribution < -0.4 is 11.4 Å². The van der Waals surface area contributed by atoms with Gasteiger partial charge in [-0.15, -0.1) is 5.10 Å². The molecule has 2 aromatic carbocycles. The molecule has 3 heterocycles. The van der Waals surface area contributed by atoms with Crippen molar-refractivity contribution in [2.75, 3.05) is 5.73 Å². The van der Waals surface area contributed by atoms with E-state index in [0.29, 0.717) is 23.7 Å². The van der Waals surface area contributed by atoms with Crippen LogP contribution in [0.25, 0.3) is 28.2 Å². The fraction of sp³-hybridized carbons (Fsp3) is 0.192. The van der Waals surface area contributed by atoms with Gasteiger partial charge in [-0.1, -0.05) is 49.7 Å². The highest BCUT2D eigenvalue weighted by Gasteiger charge is 2.15. The van der Waals surface area contributed by atoms with Crippen molar-refractivity contribution in [3.8, 4) is 28.2 Å². The minimum absolute atomic E-state index is 0.0922. The quantitative estimate of drug-likeness (QED) is 0.335. The Labute approximate surface area is 202 Å². The zero-order valence-electron chi connectivity index (χ0n) is 19.4. The molecule has 0 fully saturated rings. The van der Waals surface area contributed by atoms with Crippen LogP contribution >= 0.6 is 0 Å². The molecule has 0 spiro atoms. The number of unbranched alkanes of at least 4 members (excludes halogenated alkanes) is 1. The van der Waals surface area contributed by atoms with Crippen LogP contribution in [-0.4, -0.2) is 34.7 Å². The first-order valence-electron chi connectivity index (χ1n) is 11.6. The molecule has 0 saturated carbocycles. The van der Waals surface area contributed by atoms with E-state index in [1.807, 2.05) is 65.4 Å². The summed E-state index contributed by atoms with van der Waals surface area (Å²) in [6.45, 7) is 2.62. The largest absolute Gasteiger partial charge is 0.397 e. The normalized spacial score (nSPS) is 11.1. The van der Waals surface area contributed by atoms with E-state index in [2.05, 4.69) is 32.5 Å². The van der Waals surface area contributed by atoms with Crippen molar-refractivity contribution >= 4 is 5.69 Å². The number of tetrazole rings is 1. The Morgan fingerprint density at radius 3 is 2.60 bits per heavy atom. The third-order valence-corrected chi connectivity index (χ3v) is 6.07. The van der Waals surface area contributed by atoms with Crippen LogP contribution in [0.5, 0.6) is 0 Å². The molecule has 176 valence electrons. The number of nitrogens with two attached hydrogens (primary N) is 1. The van der Waals surface area contributed by atoms with Gasteiger partial charge in [-0.05, 0) is 52.6 Å². The second kappa shape index (κ2) is 9.76. The molecule has 3 N–H and O–H groups in total. The number of nitrogen functional groups attached to an aromatic ring is 1. The maximum Gasteiger partial charge on any atom is 0.333 e. The fourth-order valence-electron chi connectivity index (χ4n) is 4.21. The summed E-state index contributed by atoms with van der Waals surface area (Å²) in [5.74, 6) is 0.583. The van der Waals surface area contributed by atoms with Crippen molar-refractivity contribution in [1.82, 2.24) is 34.7 Å². The van der Waals surface area contributed by atoms with Gasteiger partial charge >= 0.3 is 5.69 Å². The van der Waals surface area contributed by atoms with Gasteiger partial charge in [0, 0.05) is 35.4 Å². The van der Waals surface area contributed by atoms with E-state index < -0.39 is 0 Å². The SMILES string of the molecule is CCCCc1cn(-c2ccccc2N)c(=O)n1Cc1ccc(-c2cnccc2-c2nnn[nH]2)cc1. The van der Waals surface area contributed by atoms with E-state index in [1.54, 1.807) is 17.0 Å². The molecule has 5 aromatic rings. The van der Waals surface area contributed by atoms with Crippen LogP contribution in [0.3, 0.4) is 0 Å². The first kappa shape index (κ1) is 22.3. The van der Waals surface area contributed by atoms with Crippen molar-refractivity contribution in [2.45, 2.75) is 32.7 Å². The molecule has 0 atom stereocenters. The average Bonchev–Trinajstić information content (AvgIpc) is 3.53. The summed E-state index contributed by atoms with van der Waals surface area (Å²) in [5.41, 5.74) is 12.2. The highest BCUT2D eigenvalue weighted by molar-refractivity contribution is 5.79. The highest BCUT2D eigenvalue weighted by Crippen LogP contribution is 2.29. The standard InChI is InChI=1S/C26H26N8O/c1-2-3-6-20-17-34(24-8-5-4-7-23(24)27)26(35)33(20)16-18-9-11-19(12-10-18)22-15-28-14-13-21(22)25-29-31-32-30-25/h4-5,7-15,17H,2-3,6,16,27H2,1H3,(H,29,30,31,32). The van der Waals surface area contributed by atoms with E-state index in [4.69, 9.17) is 5.73 Å². The van der Waals surface area contributed by atoms with Crippen molar-refractivity contribution in [1.29, 1.82) is 0 Å². The van der Waals surface area contributed by atoms with Crippen LogP contribution in [0, 0.1) is 0 Å². The molecule has 0 unspecified atom stereocenters. The van der Waals surface area contributed by atoms with Crippen molar-refractivity contribution in [3.05, 3.63) is 94.9 Å². The van der Waals surface area contributed by atoms with Crippen LogP contribution in [0.1, 0.15) is 31.0 Å². The Hall–Kier alpha value is -4.53. The Kier molecular flexibility index (Phi) is 6.21. The van der Waals surface area contributed by atoms with Crippen molar-refractivity contribution in [2.24, 2.45) is 0 Å². The molecule has 0 saturated heterocycles. The second-order valence-corrected chi connectivity index (χ2v) is 8.39. The third-order valence-electron chi connectivity index (χ3n) is 6.07. The summed E-state index contributed by atoms with van der Waals surface area (Å²) in [5, 5.41) is 14.2. The van der Waals surface area contributed by atoms with Gasteiger partial charge in [0.2, 0.25) is 0 Å². The number of aromatic nitrogens is 7. The predicted octanol–water partition coefficient (Wildman–Crippen LogP) is 3.85. The average molecular weight is 467 g/mol. The van der Waals surface area contributed by atoms with E-state index in [9.17, 15) is 4.79 Å². The monoisotopic (exact) mass is 466 g/mol. The van der Waals surface area contributed by atoms with Gasteiger partial charge in [-0.25, -0.2) is 9.89 Å². The maximum absolute atomic E-state index is 13.4. The number of hydrogen-bond donors (Lipinski definition) is 2. The molecule has 0 radical (unpaired) electrons. The van der Waals surface area contributed by atoms with Crippen molar-refractivity contribution in [3.63, 3.8) is 0 Å². The first-order valence-corrected chi connectivity index (χ1v) is 11.6. The van der Waals surface area contributed by atoms with Gasteiger partial charge in [0.1, 0.15) is 0 Å². The fourth-order valence-corrected chi connectivity index (χ4v) is 4.21. The van der Waals surface area contributed by atoms with Crippen LogP contribution in [-0.2, 0) is 13.0 Å². The zero-order valence-corrected chi connectivity index (χ0v) is 19.4. The third kappa shape index (κ3) is 4.48. The summed E-state index contributed by atoms with van der Waals surface area (Å²) in [7, 11) is 0. The molecule has 3 aromatic heterocycles. The number of anilines is 1. The van der Waals surface area contributed by atoms with E-state index in [0.717, 1.165) is 47.2 Å². The minimum atomic E-state index is -0.0922. The summed E-state index contributed by atoms with van der Waals surface area (Å²) < 4.78 is 3.49. The number of H-pyrrole nitrogens is 1. The smallest absolute Gasteiger partial charge is 0.333 e. The molecule has 0 bridgehead atoms. The molecule has 0 amide bonds. The molecule has 5 rings (SSSR count). The van der Waals surface area contributed by atoms with Gasteiger partial charge in [-0.3, -0.25) is 14.1 Å². The summed E-state index contributed by atoms with van der Waals surface area (Å²) in [6.07, 6.45) is 8.32. The maximum atomic E-state index is 13.4. The number of benzene rings is 2. The molecule has 0 aliphatic carbocycles. The number of nitrogens with one attached hydrogen (secondary N) is 1. The molecule has 0 aliphatic heterocycles. The lowest BCUT2D eigenvalue weighted by Gasteiger charge is -2.10.